The molecule has 0 spiro atoms. The van der Waals surface area contributed by atoms with E-state index in [1.807, 2.05) is 60.7 Å². The van der Waals surface area contributed by atoms with E-state index in [0.717, 1.165) is 44.6 Å². The van der Waals surface area contributed by atoms with Crippen LogP contribution in [0.3, 0.4) is 0 Å². The Labute approximate surface area is 163 Å². The standard InChI is InChI=1S/C26H18O2/c1-2-8-20(14-16-24-18-22-10-4-6-12-26(22)28-24)19(7-1)13-15-23-17-21-9-3-5-11-25(21)27-23/h1-18H/b15-13+,16-14+. The van der Waals surface area contributed by atoms with Gasteiger partial charge in [0.2, 0.25) is 0 Å². The van der Waals surface area contributed by atoms with Crippen molar-refractivity contribution in [2.24, 2.45) is 0 Å². The fraction of sp³-hybridized carbons (Fsp3) is 0. The molecule has 0 N–H and O–H groups in total. The first-order valence-electron chi connectivity index (χ1n) is 9.27. The molecule has 0 aliphatic heterocycles. The van der Waals surface area contributed by atoms with Crippen LogP contribution in [0.5, 0.6) is 0 Å². The third-order valence-corrected chi connectivity index (χ3v) is 4.74. The van der Waals surface area contributed by atoms with Crippen LogP contribution in [0.2, 0.25) is 0 Å². The van der Waals surface area contributed by atoms with Crippen molar-refractivity contribution in [3.05, 3.63) is 108 Å². The third kappa shape index (κ3) is 3.28. The molecule has 0 fully saturated rings. The molecule has 0 radical (unpaired) electrons. The summed E-state index contributed by atoms with van der Waals surface area (Å²) in [5.41, 5.74) is 4.05. The second-order valence-corrected chi connectivity index (χ2v) is 6.67. The molecular weight excluding hydrogens is 344 g/mol. The second kappa shape index (κ2) is 7.09. The molecule has 0 aliphatic carbocycles. The number of fused-ring (bicyclic) bond motifs is 2. The monoisotopic (exact) mass is 362 g/mol. The maximum absolute atomic E-state index is 5.87. The van der Waals surface area contributed by atoms with Crippen molar-refractivity contribution in [1.29, 1.82) is 0 Å². The van der Waals surface area contributed by atoms with Crippen molar-refractivity contribution >= 4 is 46.2 Å². The summed E-state index contributed by atoms with van der Waals surface area (Å²) < 4.78 is 11.7. The molecule has 5 rings (SSSR count). The molecule has 2 heterocycles. The van der Waals surface area contributed by atoms with Gasteiger partial charge in [-0.2, -0.15) is 0 Å². The maximum atomic E-state index is 5.87. The number of para-hydroxylation sites is 2. The Morgan fingerprint density at radius 3 is 1.36 bits per heavy atom. The van der Waals surface area contributed by atoms with E-state index >= 15 is 0 Å². The zero-order chi connectivity index (χ0) is 18.8. The summed E-state index contributed by atoms with van der Waals surface area (Å²) in [5.74, 6) is 1.69. The molecule has 0 saturated carbocycles. The molecule has 0 amide bonds. The third-order valence-electron chi connectivity index (χ3n) is 4.74. The van der Waals surface area contributed by atoms with Crippen molar-refractivity contribution < 1.29 is 8.83 Å². The highest BCUT2D eigenvalue weighted by atomic mass is 16.3. The molecular formula is C26H18O2. The summed E-state index contributed by atoms with van der Waals surface area (Å²) in [7, 11) is 0. The first kappa shape index (κ1) is 16.4. The molecule has 134 valence electrons. The number of benzene rings is 3. The van der Waals surface area contributed by atoms with Crippen LogP contribution in [0.4, 0.5) is 0 Å². The maximum Gasteiger partial charge on any atom is 0.134 e. The van der Waals surface area contributed by atoms with Crippen LogP contribution in [0.25, 0.3) is 46.2 Å². The Morgan fingerprint density at radius 1 is 0.464 bits per heavy atom. The molecule has 2 nitrogen and oxygen atoms in total. The zero-order valence-electron chi connectivity index (χ0n) is 15.2. The summed E-state index contributed by atoms with van der Waals surface area (Å²) in [5, 5.41) is 2.22. The highest BCUT2D eigenvalue weighted by Gasteiger charge is 2.02. The Hall–Kier alpha value is -3.78. The van der Waals surface area contributed by atoms with Gasteiger partial charge in [0, 0.05) is 10.8 Å². The number of rotatable bonds is 4. The fourth-order valence-corrected chi connectivity index (χ4v) is 3.33. The van der Waals surface area contributed by atoms with Gasteiger partial charge in [0.05, 0.1) is 0 Å². The van der Waals surface area contributed by atoms with E-state index in [-0.39, 0.29) is 0 Å². The van der Waals surface area contributed by atoms with Crippen molar-refractivity contribution in [3.8, 4) is 0 Å². The van der Waals surface area contributed by atoms with Gasteiger partial charge in [0.1, 0.15) is 22.7 Å². The predicted molar refractivity (Wildman–Crippen MR) is 117 cm³/mol. The Balaban J connectivity index is 1.43. The molecule has 5 aromatic rings. The van der Waals surface area contributed by atoms with Gasteiger partial charge < -0.3 is 8.83 Å². The smallest absolute Gasteiger partial charge is 0.134 e. The van der Waals surface area contributed by atoms with E-state index in [0.29, 0.717) is 0 Å². The van der Waals surface area contributed by atoms with Gasteiger partial charge in [0.15, 0.2) is 0 Å². The van der Waals surface area contributed by atoms with Crippen LogP contribution in [-0.2, 0) is 0 Å². The van der Waals surface area contributed by atoms with Crippen LogP contribution >= 0.6 is 0 Å². The Bertz CT molecular complexity index is 1150. The van der Waals surface area contributed by atoms with Crippen LogP contribution in [0.1, 0.15) is 22.6 Å². The normalized spacial score (nSPS) is 12.0. The lowest BCUT2D eigenvalue weighted by Crippen LogP contribution is -1.79. The van der Waals surface area contributed by atoms with E-state index in [1.165, 1.54) is 0 Å². The van der Waals surface area contributed by atoms with Crippen LogP contribution in [0, 0.1) is 0 Å². The molecule has 2 aromatic heterocycles. The van der Waals surface area contributed by atoms with Gasteiger partial charge in [-0.05, 0) is 47.5 Å². The van der Waals surface area contributed by atoms with E-state index in [9.17, 15) is 0 Å². The number of furan rings is 2. The SMILES string of the molecule is C(=C\c1ccccc1/C=C/c1cc2ccccc2o1)/c1cc2ccccc2o1. The summed E-state index contributed by atoms with van der Waals surface area (Å²) in [4.78, 5) is 0. The summed E-state index contributed by atoms with van der Waals surface area (Å²) in [6.45, 7) is 0. The Morgan fingerprint density at radius 2 is 0.893 bits per heavy atom. The highest BCUT2D eigenvalue weighted by Crippen LogP contribution is 2.23. The highest BCUT2D eigenvalue weighted by molar-refractivity contribution is 5.85. The largest absolute Gasteiger partial charge is 0.457 e. The van der Waals surface area contributed by atoms with Gasteiger partial charge in [-0.3, -0.25) is 0 Å². The molecule has 0 aliphatic rings. The minimum absolute atomic E-state index is 0.845. The van der Waals surface area contributed by atoms with E-state index in [2.05, 4.69) is 48.6 Å². The van der Waals surface area contributed by atoms with Gasteiger partial charge in [0.25, 0.3) is 0 Å². The number of hydrogen-bond donors (Lipinski definition) is 0. The van der Waals surface area contributed by atoms with Gasteiger partial charge in [-0.25, -0.2) is 0 Å². The van der Waals surface area contributed by atoms with Crippen molar-refractivity contribution in [2.75, 3.05) is 0 Å². The lowest BCUT2D eigenvalue weighted by molar-refractivity contribution is 0.604. The summed E-state index contributed by atoms with van der Waals surface area (Å²) >= 11 is 0. The molecule has 0 bridgehead atoms. The summed E-state index contributed by atoms with van der Waals surface area (Å²) in [6, 6.07) is 28.5. The summed E-state index contributed by atoms with van der Waals surface area (Å²) in [6.07, 6.45) is 8.17. The van der Waals surface area contributed by atoms with Crippen molar-refractivity contribution in [2.45, 2.75) is 0 Å². The van der Waals surface area contributed by atoms with E-state index in [1.54, 1.807) is 0 Å². The van der Waals surface area contributed by atoms with E-state index < -0.39 is 0 Å². The van der Waals surface area contributed by atoms with Gasteiger partial charge in [-0.1, -0.05) is 72.8 Å². The Kier molecular flexibility index (Phi) is 4.15. The predicted octanol–water partition coefficient (Wildman–Crippen LogP) is 7.52. The molecule has 0 atom stereocenters. The quantitative estimate of drug-likeness (QED) is 0.330. The number of hydrogen-bond acceptors (Lipinski definition) is 2. The lowest BCUT2D eigenvalue weighted by Gasteiger charge is -1.99. The van der Waals surface area contributed by atoms with Crippen molar-refractivity contribution in [3.63, 3.8) is 0 Å². The minimum Gasteiger partial charge on any atom is -0.457 e. The van der Waals surface area contributed by atoms with E-state index in [4.69, 9.17) is 8.83 Å². The zero-order valence-corrected chi connectivity index (χ0v) is 15.2. The first-order chi connectivity index (χ1) is 13.8. The molecule has 28 heavy (non-hydrogen) atoms. The fourth-order valence-electron chi connectivity index (χ4n) is 3.33. The van der Waals surface area contributed by atoms with Gasteiger partial charge >= 0.3 is 0 Å². The van der Waals surface area contributed by atoms with Crippen LogP contribution < -0.4 is 0 Å². The van der Waals surface area contributed by atoms with Gasteiger partial charge in [-0.15, -0.1) is 0 Å². The molecule has 0 saturated heterocycles. The second-order valence-electron chi connectivity index (χ2n) is 6.67. The minimum atomic E-state index is 0.845. The van der Waals surface area contributed by atoms with Crippen LogP contribution in [-0.4, -0.2) is 0 Å². The topological polar surface area (TPSA) is 26.3 Å². The lowest BCUT2D eigenvalue weighted by atomic mass is 10.1. The molecule has 2 heteroatoms. The average Bonchev–Trinajstić information content (AvgIpc) is 3.34. The van der Waals surface area contributed by atoms with Crippen LogP contribution in [0.15, 0.2) is 93.8 Å². The molecule has 0 unspecified atom stereocenters. The van der Waals surface area contributed by atoms with Crippen molar-refractivity contribution in [1.82, 2.24) is 0 Å². The first-order valence-corrected chi connectivity index (χ1v) is 9.27. The molecule has 3 aromatic carbocycles. The average molecular weight is 362 g/mol.